The molecule has 0 aromatic carbocycles. The van der Waals surface area contributed by atoms with E-state index in [0.29, 0.717) is 6.10 Å². The van der Waals surface area contributed by atoms with E-state index in [1.165, 1.54) is 38.5 Å². The molecule has 0 aromatic rings. The number of unbranched alkanes of at least 4 members (excludes halogenated alkanes) is 5. The van der Waals surface area contributed by atoms with Gasteiger partial charge in [0.05, 0.1) is 12.7 Å². The maximum Gasteiger partial charge on any atom is 0.157 e. The summed E-state index contributed by atoms with van der Waals surface area (Å²) in [6.45, 7) is 9.66. The topological polar surface area (TPSA) is 18.5 Å². The van der Waals surface area contributed by atoms with Gasteiger partial charge in [0.25, 0.3) is 0 Å². The molecular formula is C15H30O2. The van der Waals surface area contributed by atoms with Crippen molar-refractivity contribution in [3.8, 4) is 0 Å². The predicted molar refractivity (Wildman–Crippen MR) is 72.1 cm³/mol. The van der Waals surface area contributed by atoms with E-state index in [1.807, 2.05) is 0 Å². The number of ether oxygens (including phenoxy) is 2. The van der Waals surface area contributed by atoms with E-state index in [2.05, 4.69) is 27.7 Å². The van der Waals surface area contributed by atoms with Crippen LogP contribution in [0.2, 0.25) is 0 Å². The molecule has 0 aromatic heterocycles. The van der Waals surface area contributed by atoms with Crippen LogP contribution in [-0.4, -0.2) is 19.0 Å². The molecule has 0 saturated carbocycles. The van der Waals surface area contributed by atoms with Gasteiger partial charge in [0, 0.05) is 5.41 Å². The van der Waals surface area contributed by atoms with Crippen LogP contribution in [0.5, 0.6) is 0 Å². The van der Waals surface area contributed by atoms with Crippen LogP contribution in [0.25, 0.3) is 0 Å². The lowest BCUT2D eigenvalue weighted by Crippen LogP contribution is -2.44. The molecule has 1 aliphatic heterocycles. The zero-order valence-corrected chi connectivity index (χ0v) is 12.1. The normalized spacial score (nSPS) is 28.2. The van der Waals surface area contributed by atoms with E-state index in [1.54, 1.807) is 0 Å². The van der Waals surface area contributed by atoms with Crippen LogP contribution < -0.4 is 0 Å². The Kier molecular flexibility index (Phi) is 6.50. The number of rotatable bonds is 7. The summed E-state index contributed by atoms with van der Waals surface area (Å²) in [4.78, 5) is 0. The van der Waals surface area contributed by atoms with Crippen molar-refractivity contribution in [1.29, 1.82) is 0 Å². The Bertz CT molecular complexity index is 201. The Morgan fingerprint density at radius 2 is 1.71 bits per heavy atom. The van der Waals surface area contributed by atoms with Gasteiger partial charge in [0.15, 0.2) is 6.29 Å². The second kappa shape index (κ2) is 7.38. The van der Waals surface area contributed by atoms with E-state index in [4.69, 9.17) is 9.47 Å². The van der Waals surface area contributed by atoms with Crippen molar-refractivity contribution in [2.75, 3.05) is 6.61 Å². The molecule has 0 bridgehead atoms. The van der Waals surface area contributed by atoms with Gasteiger partial charge in [-0.15, -0.1) is 0 Å². The lowest BCUT2D eigenvalue weighted by atomic mass is 9.87. The molecular weight excluding hydrogens is 212 g/mol. The highest BCUT2D eigenvalue weighted by Crippen LogP contribution is 2.31. The summed E-state index contributed by atoms with van der Waals surface area (Å²) < 4.78 is 11.7. The monoisotopic (exact) mass is 242 g/mol. The molecule has 0 aliphatic carbocycles. The van der Waals surface area contributed by atoms with E-state index in [0.717, 1.165) is 13.0 Å². The summed E-state index contributed by atoms with van der Waals surface area (Å²) in [5, 5.41) is 0. The Labute approximate surface area is 107 Å². The van der Waals surface area contributed by atoms with E-state index in [9.17, 15) is 0 Å². The first-order chi connectivity index (χ1) is 8.06. The fourth-order valence-corrected chi connectivity index (χ4v) is 2.12. The highest BCUT2D eigenvalue weighted by molar-refractivity contribution is 4.79. The average Bonchev–Trinajstić information content (AvgIpc) is 2.28. The van der Waals surface area contributed by atoms with Gasteiger partial charge in [0.2, 0.25) is 0 Å². The zero-order chi connectivity index (χ0) is 12.7. The van der Waals surface area contributed by atoms with Gasteiger partial charge in [-0.05, 0) is 19.8 Å². The molecule has 1 rings (SSSR count). The predicted octanol–water partition coefficient (Wildman–Crippen LogP) is 4.52. The largest absolute Gasteiger partial charge is 0.352 e. The van der Waals surface area contributed by atoms with E-state index in [-0.39, 0.29) is 11.7 Å². The zero-order valence-electron chi connectivity index (χ0n) is 12.1. The van der Waals surface area contributed by atoms with Gasteiger partial charge < -0.3 is 9.47 Å². The van der Waals surface area contributed by atoms with Crippen molar-refractivity contribution >= 4 is 0 Å². The highest BCUT2D eigenvalue weighted by Gasteiger charge is 2.34. The van der Waals surface area contributed by atoms with Crippen molar-refractivity contribution in [3.05, 3.63) is 0 Å². The van der Waals surface area contributed by atoms with Crippen molar-refractivity contribution in [3.63, 3.8) is 0 Å². The first-order valence-corrected chi connectivity index (χ1v) is 7.33. The van der Waals surface area contributed by atoms with Crippen molar-refractivity contribution in [1.82, 2.24) is 0 Å². The van der Waals surface area contributed by atoms with Gasteiger partial charge in [-0.25, -0.2) is 0 Å². The maximum absolute atomic E-state index is 5.91. The van der Waals surface area contributed by atoms with Crippen molar-refractivity contribution in [2.24, 2.45) is 5.41 Å². The van der Waals surface area contributed by atoms with E-state index >= 15 is 0 Å². The molecule has 0 amide bonds. The van der Waals surface area contributed by atoms with Crippen LogP contribution in [0.3, 0.4) is 0 Å². The van der Waals surface area contributed by atoms with Crippen molar-refractivity contribution in [2.45, 2.75) is 85.0 Å². The summed E-state index contributed by atoms with van der Waals surface area (Å²) in [5.41, 5.74) is 0.164. The molecule has 17 heavy (non-hydrogen) atoms. The summed E-state index contributed by atoms with van der Waals surface area (Å²) in [5.74, 6) is 0. The highest BCUT2D eigenvalue weighted by atomic mass is 16.7. The van der Waals surface area contributed by atoms with Crippen LogP contribution in [-0.2, 0) is 9.47 Å². The number of hydrogen-bond acceptors (Lipinski definition) is 2. The van der Waals surface area contributed by atoms with Gasteiger partial charge in [-0.3, -0.25) is 0 Å². The molecule has 1 fully saturated rings. The molecule has 0 N–H and O–H groups in total. The molecule has 2 unspecified atom stereocenters. The molecule has 1 aliphatic rings. The molecule has 0 spiro atoms. The second-order valence-corrected chi connectivity index (χ2v) is 6.06. The Hall–Kier alpha value is -0.0800. The van der Waals surface area contributed by atoms with E-state index < -0.39 is 0 Å². The number of hydrogen-bond donors (Lipinski definition) is 0. The molecule has 0 radical (unpaired) electrons. The van der Waals surface area contributed by atoms with Gasteiger partial charge in [-0.2, -0.15) is 0 Å². The van der Waals surface area contributed by atoms with Gasteiger partial charge in [-0.1, -0.05) is 52.9 Å². The first kappa shape index (κ1) is 15.0. The van der Waals surface area contributed by atoms with Crippen LogP contribution in [0, 0.1) is 5.41 Å². The molecule has 2 heteroatoms. The quantitative estimate of drug-likeness (QED) is 0.611. The molecule has 2 nitrogen and oxygen atoms in total. The minimum absolute atomic E-state index is 0.0456. The summed E-state index contributed by atoms with van der Waals surface area (Å²) in [6, 6.07) is 0. The first-order valence-electron chi connectivity index (χ1n) is 7.33. The lowest BCUT2D eigenvalue weighted by molar-refractivity contribution is -0.256. The maximum atomic E-state index is 5.91. The Balaban J connectivity index is 2.05. The van der Waals surface area contributed by atoms with Crippen molar-refractivity contribution < 1.29 is 9.47 Å². The van der Waals surface area contributed by atoms with Gasteiger partial charge in [0.1, 0.15) is 0 Å². The van der Waals surface area contributed by atoms with Crippen LogP contribution in [0.15, 0.2) is 0 Å². The minimum atomic E-state index is 0.0456. The fourth-order valence-electron chi connectivity index (χ4n) is 2.12. The van der Waals surface area contributed by atoms with Crippen LogP contribution in [0.1, 0.15) is 72.6 Å². The fraction of sp³-hybridized carbons (Fsp3) is 1.00. The van der Waals surface area contributed by atoms with Crippen LogP contribution >= 0.6 is 0 Å². The van der Waals surface area contributed by atoms with Crippen LogP contribution in [0.4, 0.5) is 0 Å². The SMILES string of the molecule is CCCCCCCCC1OCC(C)(C)C(C)O1. The summed E-state index contributed by atoms with van der Waals surface area (Å²) >= 11 is 0. The molecule has 102 valence electrons. The third-order valence-electron chi connectivity index (χ3n) is 3.89. The molecule has 2 atom stereocenters. The second-order valence-electron chi connectivity index (χ2n) is 6.06. The molecule has 1 saturated heterocycles. The third kappa shape index (κ3) is 5.39. The standard InChI is InChI=1S/C15H30O2/c1-5-6-7-8-9-10-11-14-16-12-15(3,4)13(2)17-14/h13-14H,5-12H2,1-4H3. The molecule has 1 heterocycles. The average molecular weight is 242 g/mol. The lowest BCUT2D eigenvalue weighted by Gasteiger charge is -2.40. The smallest absolute Gasteiger partial charge is 0.157 e. The summed E-state index contributed by atoms with van der Waals surface area (Å²) in [7, 11) is 0. The minimum Gasteiger partial charge on any atom is -0.352 e. The van der Waals surface area contributed by atoms with Gasteiger partial charge >= 0.3 is 0 Å². The summed E-state index contributed by atoms with van der Waals surface area (Å²) in [6.07, 6.45) is 9.41. The Morgan fingerprint density at radius 1 is 1.06 bits per heavy atom. The Morgan fingerprint density at radius 3 is 2.35 bits per heavy atom. The third-order valence-corrected chi connectivity index (χ3v) is 3.89.